The summed E-state index contributed by atoms with van der Waals surface area (Å²) in [5.74, 6) is -0.134. The molecule has 1 aliphatic heterocycles. The first-order valence-corrected chi connectivity index (χ1v) is 10.9. The van der Waals surface area contributed by atoms with Crippen molar-refractivity contribution >= 4 is 23.4 Å². The van der Waals surface area contributed by atoms with E-state index in [4.69, 9.17) is 0 Å². The molecule has 1 aromatic carbocycles. The fourth-order valence-corrected chi connectivity index (χ4v) is 4.62. The van der Waals surface area contributed by atoms with Crippen LogP contribution in [0.5, 0.6) is 0 Å². The molecule has 2 atom stereocenters. The molecule has 0 aromatic heterocycles. The van der Waals surface area contributed by atoms with Crippen LogP contribution in [0.1, 0.15) is 74.7 Å². The number of rotatable bonds is 5. The van der Waals surface area contributed by atoms with Gasteiger partial charge in [-0.2, -0.15) is 0 Å². The van der Waals surface area contributed by atoms with Crippen LogP contribution >= 0.6 is 0 Å². The number of anilines is 1. The van der Waals surface area contributed by atoms with E-state index in [1.165, 1.54) is 13.3 Å². The van der Waals surface area contributed by atoms with Gasteiger partial charge in [-0.15, -0.1) is 0 Å². The van der Waals surface area contributed by atoms with Crippen LogP contribution in [0.15, 0.2) is 18.2 Å². The molecule has 3 amide bonds. The zero-order chi connectivity index (χ0) is 21.0. The van der Waals surface area contributed by atoms with Gasteiger partial charge in [-0.25, -0.2) is 0 Å². The Bertz CT molecular complexity index is 771. The average molecular weight is 400 g/mol. The van der Waals surface area contributed by atoms with E-state index in [1.807, 2.05) is 17.9 Å². The second kappa shape index (κ2) is 9.42. The van der Waals surface area contributed by atoms with E-state index in [2.05, 4.69) is 17.6 Å². The van der Waals surface area contributed by atoms with Gasteiger partial charge in [-0.05, 0) is 75.6 Å². The molecule has 0 radical (unpaired) electrons. The van der Waals surface area contributed by atoms with Crippen molar-refractivity contribution in [2.75, 3.05) is 11.9 Å². The molecule has 2 N–H and O–H groups in total. The quantitative estimate of drug-likeness (QED) is 0.793. The fraction of sp³-hybridized carbons (Fsp3) is 0.609. The molecule has 6 heteroatoms. The maximum atomic E-state index is 12.9. The number of piperidine rings is 1. The first-order chi connectivity index (χ1) is 13.9. The second-order valence-electron chi connectivity index (χ2n) is 8.59. The lowest BCUT2D eigenvalue weighted by Gasteiger charge is -2.33. The van der Waals surface area contributed by atoms with Crippen LogP contribution in [-0.4, -0.2) is 41.2 Å². The van der Waals surface area contributed by atoms with Gasteiger partial charge in [-0.1, -0.05) is 12.8 Å². The van der Waals surface area contributed by atoms with Crippen molar-refractivity contribution in [3.05, 3.63) is 29.3 Å². The van der Waals surface area contributed by atoms with Crippen molar-refractivity contribution in [2.45, 2.75) is 77.8 Å². The minimum atomic E-state index is -0.509. The summed E-state index contributed by atoms with van der Waals surface area (Å²) in [7, 11) is 0. The molecule has 2 unspecified atom stereocenters. The number of aryl methyl sites for hydroxylation is 1. The lowest BCUT2D eigenvalue weighted by molar-refractivity contribution is -0.126. The van der Waals surface area contributed by atoms with Gasteiger partial charge in [-0.3, -0.25) is 14.4 Å². The monoisotopic (exact) mass is 399 g/mol. The van der Waals surface area contributed by atoms with Crippen molar-refractivity contribution in [3.8, 4) is 0 Å². The minimum absolute atomic E-state index is 0.0558. The van der Waals surface area contributed by atoms with Crippen molar-refractivity contribution in [2.24, 2.45) is 5.92 Å². The highest BCUT2D eigenvalue weighted by Gasteiger charge is 2.31. The SMILES string of the molecule is CC(=O)NC(C(=O)Nc1ccc(C(=O)N2CCCCC2C)cc1C)C1CCCC1. The molecule has 2 aliphatic rings. The number of hydrogen-bond donors (Lipinski definition) is 2. The predicted molar refractivity (Wildman–Crippen MR) is 114 cm³/mol. The Kier molecular flexibility index (Phi) is 6.93. The standard InChI is InChI=1S/C23H33N3O3/c1-15-14-19(23(29)26-13-7-6-8-16(26)2)11-12-20(15)25-22(28)21(24-17(3)27)18-9-4-5-10-18/h11-12,14,16,18,21H,4-10,13H2,1-3H3,(H,24,27)(H,25,28). The van der Waals surface area contributed by atoms with Crippen LogP contribution in [0.25, 0.3) is 0 Å². The zero-order valence-corrected chi connectivity index (χ0v) is 17.8. The number of carbonyl (C=O) groups is 3. The number of carbonyl (C=O) groups excluding carboxylic acids is 3. The number of hydrogen-bond acceptors (Lipinski definition) is 3. The molecule has 1 saturated heterocycles. The van der Waals surface area contributed by atoms with Gasteiger partial charge in [0.05, 0.1) is 0 Å². The van der Waals surface area contributed by atoms with Crippen LogP contribution in [0.4, 0.5) is 5.69 Å². The Morgan fingerprint density at radius 1 is 1.07 bits per heavy atom. The van der Waals surface area contributed by atoms with Gasteiger partial charge in [0.25, 0.3) is 5.91 Å². The molecule has 1 aliphatic carbocycles. The largest absolute Gasteiger partial charge is 0.344 e. The van der Waals surface area contributed by atoms with E-state index in [9.17, 15) is 14.4 Å². The van der Waals surface area contributed by atoms with Crippen molar-refractivity contribution in [1.29, 1.82) is 0 Å². The first-order valence-electron chi connectivity index (χ1n) is 10.9. The van der Waals surface area contributed by atoms with E-state index in [0.717, 1.165) is 50.6 Å². The third kappa shape index (κ3) is 5.17. The normalized spacial score (nSPS) is 20.9. The number of amides is 3. The molecule has 158 valence electrons. The number of nitrogens with one attached hydrogen (secondary N) is 2. The molecule has 0 bridgehead atoms. The second-order valence-corrected chi connectivity index (χ2v) is 8.59. The minimum Gasteiger partial charge on any atom is -0.344 e. The third-order valence-electron chi connectivity index (χ3n) is 6.31. The van der Waals surface area contributed by atoms with Crippen molar-refractivity contribution in [3.63, 3.8) is 0 Å². The highest BCUT2D eigenvalue weighted by Crippen LogP contribution is 2.29. The third-order valence-corrected chi connectivity index (χ3v) is 6.31. The van der Waals surface area contributed by atoms with E-state index in [-0.39, 0.29) is 29.7 Å². The Morgan fingerprint density at radius 2 is 1.76 bits per heavy atom. The van der Waals surface area contributed by atoms with Gasteiger partial charge in [0.2, 0.25) is 11.8 Å². The summed E-state index contributed by atoms with van der Waals surface area (Å²) >= 11 is 0. The lowest BCUT2D eigenvalue weighted by Crippen LogP contribution is -2.47. The molecule has 1 aromatic rings. The predicted octanol–water partition coefficient (Wildman–Crippen LogP) is 3.64. The highest BCUT2D eigenvalue weighted by atomic mass is 16.2. The van der Waals surface area contributed by atoms with Crippen molar-refractivity contribution in [1.82, 2.24) is 10.2 Å². The van der Waals surface area contributed by atoms with Gasteiger partial charge < -0.3 is 15.5 Å². The summed E-state index contributed by atoms with van der Waals surface area (Å²) in [6.45, 7) is 6.25. The smallest absolute Gasteiger partial charge is 0.254 e. The summed E-state index contributed by atoms with van der Waals surface area (Å²) < 4.78 is 0. The Hall–Kier alpha value is -2.37. The van der Waals surface area contributed by atoms with E-state index in [0.29, 0.717) is 11.3 Å². The molecule has 29 heavy (non-hydrogen) atoms. The molecule has 0 spiro atoms. The molecule has 2 fully saturated rings. The number of nitrogens with zero attached hydrogens (tertiary/aromatic N) is 1. The fourth-order valence-electron chi connectivity index (χ4n) is 4.62. The van der Waals surface area contributed by atoms with Crippen molar-refractivity contribution < 1.29 is 14.4 Å². The molecule has 1 saturated carbocycles. The van der Waals surface area contributed by atoms with Crippen LogP contribution in [-0.2, 0) is 9.59 Å². The topological polar surface area (TPSA) is 78.5 Å². The highest BCUT2D eigenvalue weighted by molar-refractivity contribution is 5.99. The van der Waals surface area contributed by atoms with Crippen LogP contribution in [0, 0.1) is 12.8 Å². The summed E-state index contributed by atoms with van der Waals surface area (Å²) in [5.41, 5.74) is 2.19. The van der Waals surface area contributed by atoms with Crippen LogP contribution in [0.2, 0.25) is 0 Å². The molecule has 3 rings (SSSR count). The average Bonchev–Trinajstić information content (AvgIpc) is 3.21. The summed E-state index contributed by atoms with van der Waals surface area (Å²) in [6, 6.07) is 5.19. The van der Waals surface area contributed by atoms with Crippen LogP contribution < -0.4 is 10.6 Å². The summed E-state index contributed by atoms with van der Waals surface area (Å²) in [6.07, 6.45) is 7.38. The number of benzene rings is 1. The lowest BCUT2D eigenvalue weighted by atomic mass is 9.96. The molecular weight excluding hydrogens is 366 g/mol. The van der Waals surface area contributed by atoms with Gasteiger partial charge in [0, 0.05) is 30.8 Å². The van der Waals surface area contributed by atoms with E-state index in [1.54, 1.807) is 12.1 Å². The van der Waals surface area contributed by atoms with Gasteiger partial charge >= 0.3 is 0 Å². The first kappa shape index (κ1) is 21.3. The van der Waals surface area contributed by atoms with Crippen LogP contribution in [0.3, 0.4) is 0 Å². The van der Waals surface area contributed by atoms with E-state index < -0.39 is 6.04 Å². The van der Waals surface area contributed by atoms with Gasteiger partial charge in [0.1, 0.15) is 6.04 Å². The number of likely N-dealkylation sites (tertiary alicyclic amines) is 1. The Labute approximate surface area is 173 Å². The van der Waals surface area contributed by atoms with E-state index >= 15 is 0 Å². The van der Waals surface area contributed by atoms with Gasteiger partial charge in [0.15, 0.2) is 0 Å². The zero-order valence-electron chi connectivity index (χ0n) is 17.8. The Balaban J connectivity index is 1.71. The summed E-state index contributed by atoms with van der Waals surface area (Å²) in [4.78, 5) is 39.3. The maximum Gasteiger partial charge on any atom is 0.254 e. The molecule has 1 heterocycles. The Morgan fingerprint density at radius 3 is 2.38 bits per heavy atom. The maximum absolute atomic E-state index is 12.9. The molecule has 6 nitrogen and oxygen atoms in total. The summed E-state index contributed by atoms with van der Waals surface area (Å²) in [5, 5.41) is 5.80. The molecular formula is C23H33N3O3.